The molecule has 90 valence electrons. The summed E-state index contributed by atoms with van der Waals surface area (Å²) in [5.74, 6) is -0.799. The van der Waals surface area contributed by atoms with Crippen LogP contribution in [0.4, 0.5) is 5.69 Å². The van der Waals surface area contributed by atoms with E-state index in [-0.39, 0.29) is 5.78 Å². The van der Waals surface area contributed by atoms with Crippen LogP contribution >= 0.6 is 0 Å². The van der Waals surface area contributed by atoms with Crippen LogP contribution in [-0.4, -0.2) is 31.3 Å². The first-order valence-corrected chi connectivity index (χ1v) is 5.83. The zero-order chi connectivity index (χ0) is 12.4. The summed E-state index contributed by atoms with van der Waals surface area (Å²) in [5.41, 5.74) is 2.28. The van der Waals surface area contributed by atoms with Crippen molar-refractivity contribution in [3.05, 3.63) is 29.3 Å². The van der Waals surface area contributed by atoms with Gasteiger partial charge in [-0.3, -0.25) is 9.59 Å². The lowest BCUT2D eigenvalue weighted by Gasteiger charge is -2.18. The van der Waals surface area contributed by atoms with Crippen LogP contribution in [0.1, 0.15) is 22.8 Å². The van der Waals surface area contributed by atoms with E-state index in [1.165, 1.54) is 0 Å². The molecule has 1 aliphatic heterocycles. The van der Waals surface area contributed by atoms with E-state index in [9.17, 15) is 9.59 Å². The van der Waals surface area contributed by atoms with Gasteiger partial charge in [-0.1, -0.05) is 19.1 Å². The zero-order valence-corrected chi connectivity index (χ0v) is 10.1. The average molecular weight is 232 g/mol. The molecule has 1 heterocycles. The van der Waals surface area contributed by atoms with Gasteiger partial charge in [-0.25, -0.2) is 0 Å². The number of nitrogens with zero attached hydrogens (tertiary/aromatic N) is 1. The van der Waals surface area contributed by atoms with Gasteiger partial charge in [-0.2, -0.15) is 0 Å². The molecule has 4 heteroatoms. The number of nitrogens with one attached hydrogen (secondary N) is 1. The maximum Gasteiger partial charge on any atom is 0.299 e. The Hall–Kier alpha value is -1.68. The molecule has 1 amide bonds. The number of Topliss-reactive ketones (excluding diaryl/α,β-unsaturated/α-hetero) is 1. The van der Waals surface area contributed by atoms with Gasteiger partial charge in [0.2, 0.25) is 0 Å². The van der Waals surface area contributed by atoms with Crippen molar-refractivity contribution in [1.29, 1.82) is 0 Å². The summed E-state index contributed by atoms with van der Waals surface area (Å²) in [4.78, 5) is 25.2. The SMILES string of the molecule is CCNCCN1C(=O)C(=O)c2cccc(C)c21. The highest BCUT2D eigenvalue weighted by atomic mass is 16.2. The number of likely N-dealkylation sites (N-methyl/N-ethyl adjacent to an activating group) is 1. The molecule has 0 saturated carbocycles. The first-order valence-electron chi connectivity index (χ1n) is 5.83. The molecule has 0 spiro atoms. The number of rotatable bonds is 4. The Balaban J connectivity index is 2.30. The first-order chi connectivity index (χ1) is 8.16. The van der Waals surface area contributed by atoms with Gasteiger partial charge >= 0.3 is 0 Å². The van der Waals surface area contributed by atoms with E-state index in [0.717, 1.165) is 17.8 Å². The zero-order valence-electron chi connectivity index (χ0n) is 10.1. The summed E-state index contributed by atoms with van der Waals surface area (Å²) >= 11 is 0. The van der Waals surface area contributed by atoms with Crippen molar-refractivity contribution < 1.29 is 9.59 Å². The van der Waals surface area contributed by atoms with Crippen molar-refractivity contribution in [1.82, 2.24) is 5.32 Å². The van der Waals surface area contributed by atoms with Gasteiger partial charge in [0.05, 0.1) is 11.3 Å². The fraction of sp³-hybridized carbons (Fsp3) is 0.385. The highest BCUT2D eigenvalue weighted by Gasteiger charge is 2.36. The van der Waals surface area contributed by atoms with E-state index < -0.39 is 5.91 Å². The van der Waals surface area contributed by atoms with E-state index in [1.54, 1.807) is 11.0 Å². The van der Waals surface area contributed by atoms with E-state index in [4.69, 9.17) is 0 Å². The van der Waals surface area contributed by atoms with Gasteiger partial charge < -0.3 is 10.2 Å². The number of fused-ring (bicyclic) bond motifs is 1. The second-order valence-corrected chi connectivity index (χ2v) is 4.11. The minimum atomic E-state index is -0.410. The van der Waals surface area contributed by atoms with Gasteiger partial charge in [0.15, 0.2) is 0 Å². The standard InChI is InChI=1S/C13H16N2O2/c1-3-14-7-8-15-11-9(2)5-4-6-10(11)12(16)13(15)17/h4-6,14H,3,7-8H2,1-2H3. The second kappa shape index (κ2) is 4.67. The number of hydrogen-bond donors (Lipinski definition) is 1. The molecule has 4 nitrogen and oxygen atoms in total. The molecule has 1 aromatic carbocycles. The Morgan fingerprint density at radius 2 is 2.06 bits per heavy atom. The van der Waals surface area contributed by atoms with Gasteiger partial charge in [0.1, 0.15) is 0 Å². The van der Waals surface area contributed by atoms with Crippen molar-refractivity contribution in [2.45, 2.75) is 13.8 Å². The minimum absolute atomic E-state index is 0.389. The lowest BCUT2D eigenvalue weighted by atomic mass is 10.1. The molecule has 1 aliphatic rings. The molecule has 0 aliphatic carbocycles. The Bertz CT molecular complexity index is 468. The van der Waals surface area contributed by atoms with Crippen molar-refractivity contribution in [2.24, 2.45) is 0 Å². The minimum Gasteiger partial charge on any atom is -0.315 e. The average Bonchev–Trinajstić information content (AvgIpc) is 2.56. The molecular formula is C13H16N2O2. The molecule has 0 radical (unpaired) electrons. The van der Waals surface area contributed by atoms with Gasteiger partial charge in [-0.05, 0) is 25.1 Å². The monoisotopic (exact) mass is 232 g/mol. The van der Waals surface area contributed by atoms with Crippen LogP contribution < -0.4 is 10.2 Å². The Kier molecular flexibility index (Phi) is 3.24. The predicted molar refractivity (Wildman–Crippen MR) is 66.4 cm³/mol. The third-order valence-electron chi connectivity index (χ3n) is 2.95. The second-order valence-electron chi connectivity index (χ2n) is 4.11. The van der Waals surface area contributed by atoms with Gasteiger partial charge in [0.25, 0.3) is 11.7 Å². The number of benzene rings is 1. The third-order valence-corrected chi connectivity index (χ3v) is 2.95. The van der Waals surface area contributed by atoms with Crippen molar-refractivity contribution >= 4 is 17.4 Å². The molecule has 1 aromatic rings. The van der Waals surface area contributed by atoms with Crippen LogP contribution in [0.25, 0.3) is 0 Å². The van der Waals surface area contributed by atoms with Crippen LogP contribution in [0.15, 0.2) is 18.2 Å². The molecule has 0 aromatic heterocycles. The van der Waals surface area contributed by atoms with Gasteiger partial charge in [-0.15, -0.1) is 0 Å². The summed E-state index contributed by atoms with van der Waals surface area (Å²) < 4.78 is 0. The molecule has 0 fully saturated rings. The smallest absolute Gasteiger partial charge is 0.299 e. The van der Waals surface area contributed by atoms with Crippen LogP contribution in [-0.2, 0) is 4.79 Å². The maximum atomic E-state index is 11.9. The Morgan fingerprint density at radius 3 is 2.76 bits per heavy atom. The quantitative estimate of drug-likeness (QED) is 0.625. The summed E-state index contributed by atoms with van der Waals surface area (Å²) in [7, 11) is 0. The van der Waals surface area contributed by atoms with Crippen molar-refractivity contribution in [3.63, 3.8) is 0 Å². The van der Waals surface area contributed by atoms with Crippen molar-refractivity contribution in [3.8, 4) is 0 Å². The number of carbonyl (C=O) groups is 2. The number of para-hydroxylation sites is 1. The van der Waals surface area contributed by atoms with Crippen LogP contribution in [0.2, 0.25) is 0 Å². The summed E-state index contributed by atoms with van der Waals surface area (Å²) in [6.07, 6.45) is 0. The van der Waals surface area contributed by atoms with E-state index in [2.05, 4.69) is 5.32 Å². The highest BCUT2D eigenvalue weighted by molar-refractivity contribution is 6.52. The number of ketones is 1. The molecule has 1 N–H and O–H groups in total. The van der Waals surface area contributed by atoms with Crippen LogP contribution in [0.5, 0.6) is 0 Å². The molecule has 2 rings (SSSR count). The van der Waals surface area contributed by atoms with Gasteiger partial charge in [0, 0.05) is 13.1 Å². The topological polar surface area (TPSA) is 49.4 Å². The largest absolute Gasteiger partial charge is 0.315 e. The molecule has 0 bridgehead atoms. The molecule has 17 heavy (non-hydrogen) atoms. The Labute approximate surface area is 101 Å². The first kappa shape index (κ1) is 11.8. The van der Waals surface area contributed by atoms with Crippen molar-refractivity contribution in [2.75, 3.05) is 24.5 Å². The van der Waals surface area contributed by atoms with E-state index in [1.807, 2.05) is 26.0 Å². The maximum absolute atomic E-state index is 11.9. The fourth-order valence-electron chi connectivity index (χ4n) is 2.12. The summed E-state index contributed by atoms with van der Waals surface area (Å²) in [6, 6.07) is 5.45. The Morgan fingerprint density at radius 1 is 1.29 bits per heavy atom. The summed E-state index contributed by atoms with van der Waals surface area (Å²) in [5, 5.41) is 3.16. The molecule has 0 atom stereocenters. The number of hydrogen-bond acceptors (Lipinski definition) is 3. The normalized spacial score (nSPS) is 14.4. The number of amides is 1. The van der Waals surface area contributed by atoms with E-state index >= 15 is 0 Å². The fourth-order valence-corrected chi connectivity index (χ4v) is 2.12. The third kappa shape index (κ3) is 1.96. The van der Waals surface area contributed by atoms with Crippen LogP contribution in [0.3, 0.4) is 0 Å². The molecule has 0 unspecified atom stereocenters. The number of anilines is 1. The molecular weight excluding hydrogens is 216 g/mol. The molecule has 0 saturated heterocycles. The van der Waals surface area contributed by atoms with Crippen LogP contribution in [0, 0.1) is 6.92 Å². The lowest BCUT2D eigenvalue weighted by Crippen LogP contribution is -2.36. The lowest BCUT2D eigenvalue weighted by molar-refractivity contribution is -0.114. The number of aryl methyl sites for hydroxylation is 1. The van der Waals surface area contributed by atoms with E-state index in [0.29, 0.717) is 18.7 Å². The number of carbonyl (C=O) groups excluding carboxylic acids is 2. The summed E-state index contributed by atoms with van der Waals surface area (Å²) in [6.45, 7) is 6.03. The predicted octanol–water partition coefficient (Wildman–Crippen LogP) is 1.13. The highest BCUT2D eigenvalue weighted by Crippen LogP contribution is 2.31.